The van der Waals surface area contributed by atoms with E-state index in [0.717, 1.165) is 36.3 Å². The van der Waals surface area contributed by atoms with Gasteiger partial charge in [-0.15, -0.1) is 0 Å². The monoisotopic (exact) mass is 507 g/mol. The first-order valence-electron chi connectivity index (χ1n) is 13.6. The molecule has 6 rings (SSSR count). The average Bonchev–Trinajstić information content (AvgIpc) is 3.52. The normalized spacial score (nSPS) is 11.0. The van der Waals surface area contributed by atoms with Gasteiger partial charge < -0.3 is 4.42 Å². The molecule has 0 atom stereocenters. The maximum absolute atomic E-state index is 6.12. The summed E-state index contributed by atoms with van der Waals surface area (Å²) in [5.74, 6) is 1.40. The van der Waals surface area contributed by atoms with Crippen LogP contribution in [0.25, 0.3) is 56.4 Å². The first-order chi connectivity index (χ1) is 19.3. The predicted octanol–water partition coefficient (Wildman–Crippen LogP) is 9.10. The van der Waals surface area contributed by atoms with Crippen LogP contribution in [0, 0.1) is 0 Å². The molecule has 3 heteroatoms. The van der Waals surface area contributed by atoms with Crippen LogP contribution in [0.15, 0.2) is 138 Å². The quantitative estimate of drug-likeness (QED) is 0.192. The summed E-state index contributed by atoms with van der Waals surface area (Å²) < 4.78 is 8.59. The van der Waals surface area contributed by atoms with Gasteiger partial charge in [0, 0.05) is 40.8 Å². The molecule has 0 radical (unpaired) electrons. The van der Waals surface area contributed by atoms with Crippen LogP contribution in [0.3, 0.4) is 0 Å². The molecule has 0 saturated heterocycles. The Hall–Kier alpha value is -4.76. The molecule has 0 aliphatic carbocycles. The van der Waals surface area contributed by atoms with E-state index >= 15 is 0 Å². The molecule has 0 bridgehead atoms. The Morgan fingerprint density at radius 2 is 1.08 bits per heavy atom. The summed E-state index contributed by atoms with van der Waals surface area (Å²) in [6.07, 6.45) is 4.05. The highest BCUT2D eigenvalue weighted by Crippen LogP contribution is 2.31. The van der Waals surface area contributed by atoms with Crippen molar-refractivity contribution in [3.8, 4) is 56.4 Å². The number of benzene rings is 4. The van der Waals surface area contributed by atoms with E-state index in [4.69, 9.17) is 4.42 Å². The van der Waals surface area contributed by atoms with Gasteiger partial charge in [-0.25, -0.2) is 4.98 Å². The van der Waals surface area contributed by atoms with Crippen molar-refractivity contribution in [2.24, 2.45) is 0 Å². The summed E-state index contributed by atoms with van der Waals surface area (Å²) in [6, 6.07) is 44.7. The number of rotatable bonds is 8. The zero-order valence-corrected chi connectivity index (χ0v) is 22.1. The highest BCUT2D eigenvalue weighted by molar-refractivity contribution is 5.74. The topological polar surface area (TPSA) is 29.9 Å². The lowest BCUT2D eigenvalue weighted by Crippen LogP contribution is -2.39. The van der Waals surface area contributed by atoms with Crippen molar-refractivity contribution in [1.29, 1.82) is 0 Å². The molecule has 6 aromatic rings. The summed E-state index contributed by atoms with van der Waals surface area (Å²) >= 11 is 0. The number of nitrogens with zero attached hydrogens (tertiary/aromatic N) is 2. The molecule has 0 N–H and O–H groups in total. The van der Waals surface area contributed by atoms with E-state index in [1.54, 1.807) is 0 Å². The largest absolute Gasteiger partial charge is 0.436 e. The number of hydrogen-bond donors (Lipinski definition) is 0. The van der Waals surface area contributed by atoms with Crippen LogP contribution in [0.2, 0.25) is 0 Å². The van der Waals surface area contributed by atoms with E-state index in [9.17, 15) is 0 Å². The molecule has 0 aliphatic heterocycles. The first kappa shape index (κ1) is 24.6. The zero-order chi connectivity index (χ0) is 26.4. The van der Waals surface area contributed by atoms with Crippen molar-refractivity contribution in [2.75, 3.05) is 0 Å². The van der Waals surface area contributed by atoms with Crippen LogP contribution >= 0.6 is 0 Å². The highest BCUT2D eigenvalue weighted by Gasteiger charge is 2.22. The Bertz CT molecular complexity index is 1660. The van der Waals surface area contributed by atoms with E-state index in [1.165, 1.54) is 33.6 Å². The molecule has 0 saturated carbocycles. The fourth-order valence-electron chi connectivity index (χ4n) is 4.99. The van der Waals surface area contributed by atoms with Crippen LogP contribution in [0.5, 0.6) is 0 Å². The second-order valence-electron chi connectivity index (χ2n) is 9.72. The SMILES string of the molecule is CCCC[n+]1c(-c2ccccc2)cc(-c2ccccc2)cc1-c1ccc(-c2cnc(-c3ccccc3)o2)cc1. The summed E-state index contributed by atoms with van der Waals surface area (Å²) in [4.78, 5) is 4.51. The Labute approximate surface area is 230 Å². The summed E-state index contributed by atoms with van der Waals surface area (Å²) in [7, 11) is 0. The molecular formula is C36H31N2O+. The molecule has 2 aromatic heterocycles. The molecule has 0 amide bonds. The fourth-order valence-corrected chi connectivity index (χ4v) is 4.99. The van der Waals surface area contributed by atoms with Gasteiger partial charge in [-0.05, 0) is 47.5 Å². The molecular weight excluding hydrogens is 476 g/mol. The smallest absolute Gasteiger partial charge is 0.226 e. The first-order valence-corrected chi connectivity index (χ1v) is 13.6. The van der Waals surface area contributed by atoms with Crippen molar-refractivity contribution in [3.05, 3.63) is 134 Å². The van der Waals surface area contributed by atoms with Gasteiger partial charge in [-0.3, -0.25) is 0 Å². The van der Waals surface area contributed by atoms with Crippen LogP contribution < -0.4 is 4.57 Å². The Kier molecular flexibility index (Phi) is 7.13. The van der Waals surface area contributed by atoms with Crippen LogP contribution in [-0.2, 0) is 6.54 Å². The molecule has 3 nitrogen and oxygen atoms in total. The standard InChI is InChI=1S/C36H31N2O/c1-2-3-23-38-33(28-15-9-5-10-16-28)24-32(27-13-7-4-8-14-27)25-34(38)29-19-21-30(22-20-29)35-26-37-36(39-35)31-17-11-6-12-18-31/h4-22,24-26H,2-3,23H2,1H3/q+1. The lowest BCUT2D eigenvalue weighted by Gasteiger charge is -2.13. The molecule has 0 aliphatic rings. The van der Waals surface area contributed by atoms with Crippen molar-refractivity contribution in [1.82, 2.24) is 4.98 Å². The maximum Gasteiger partial charge on any atom is 0.226 e. The van der Waals surface area contributed by atoms with Crippen LogP contribution in [0.1, 0.15) is 19.8 Å². The van der Waals surface area contributed by atoms with Crippen molar-refractivity contribution < 1.29 is 8.98 Å². The van der Waals surface area contributed by atoms with Gasteiger partial charge in [0.1, 0.15) is 6.54 Å². The van der Waals surface area contributed by atoms with Gasteiger partial charge in [0.2, 0.25) is 17.3 Å². The molecule has 2 heterocycles. The van der Waals surface area contributed by atoms with Crippen LogP contribution in [-0.4, -0.2) is 4.98 Å². The van der Waals surface area contributed by atoms with E-state index in [-0.39, 0.29) is 0 Å². The Morgan fingerprint density at radius 3 is 1.67 bits per heavy atom. The van der Waals surface area contributed by atoms with Gasteiger partial charge in [0.15, 0.2) is 5.76 Å². The maximum atomic E-state index is 6.12. The predicted molar refractivity (Wildman–Crippen MR) is 159 cm³/mol. The molecule has 190 valence electrons. The number of aromatic nitrogens is 2. The third kappa shape index (κ3) is 5.30. The van der Waals surface area contributed by atoms with E-state index < -0.39 is 0 Å². The molecule has 0 unspecified atom stereocenters. The lowest BCUT2D eigenvalue weighted by atomic mass is 9.98. The Balaban J connectivity index is 1.44. The molecule has 0 spiro atoms. The number of pyridine rings is 1. The molecule has 4 aromatic carbocycles. The van der Waals surface area contributed by atoms with Gasteiger partial charge in [0.25, 0.3) is 0 Å². The highest BCUT2D eigenvalue weighted by atomic mass is 16.4. The minimum Gasteiger partial charge on any atom is -0.436 e. The zero-order valence-electron chi connectivity index (χ0n) is 22.1. The molecule has 0 fully saturated rings. The van der Waals surface area contributed by atoms with Gasteiger partial charge in [-0.2, -0.15) is 4.57 Å². The summed E-state index contributed by atoms with van der Waals surface area (Å²) in [5.41, 5.74) is 9.24. The van der Waals surface area contributed by atoms with Crippen molar-refractivity contribution >= 4 is 0 Å². The molecule has 39 heavy (non-hydrogen) atoms. The number of unbranched alkanes of at least 4 members (excludes halogenated alkanes) is 1. The van der Waals surface area contributed by atoms with Gasteiger partial charge >= 0.3 is 0 Å². The third-order valence-electron chi connectivity index (χ3n) is 7.07. The fraction of sp³-hybridized carbons (Fsp3) is 0.111. The van der Waals surface area contributed by atoms with Gasteiger partial charge in [-0.1, -0.05) is 92.2 Å². The van der Waals surface area contributed by atoms with E-state index in [2.05, 4.69) is 114 Å². The van der Waals surface area contributed by atoms with Crippen LogP contribution in [0.4, 0.5) is 0 Å². The average molecular weight is 508 g/mol. The second-order valence-corrected chi connectivity index (χ2v) is 9.72. The summed E-state index contributed by atoms with van der Waals surface area (Å²) in [6.45, 7) is 3.20. The number of oxazole rings is 1. The van der Waals surface area contributed by atoms with Gasteiger partial charge in [0.05, 0.1) is 6.20 Å². The Morgan fingerprint density at radius 1 is 0.564 bits per heavy atom. The van der Waals surface area contributed by atoms with Crippen molar-refractivity contribution in [2.45, 2.75) is 26.3 Å². The number of hydrogen-bond acceptors (Lipinski definition) is 2. The minimum atomic E-state index is 0.634. The second kappa shape index (κ2) is 11.3. The van der Waals surface area contributed by atoms with E-state index in [0.29, 0.717) is 5.89 Å². The van der Waals surface area contributed by atoms with E-state index in [1.807, 2.05) is 36.5 Å². The lowest BCUT2D eigenvalue weighted by molar-refractivity contribution is -0.675. The summed E-state index contributed by atoms with van der Waals surface area (Å²) in [5, 5.41) is 0. The third-order valence-corrected chi connectivity index (χ3v) is 7.07. The minimum absolute atomic E-state index is 0.634. The van der Waals surface area contributed by atoms with Crippen molar-refractivity contribution in [3.63, 3.8) is 0 Å².